The molecule has 3 heterocycles. The topological polar surface area (TPSA) is 97.2 Å². The molecule has 5 rings (SSSR count). The summed E-state index contributed by atoms with van der Waals surface area (Å²) in [6.45, 7) is 2.38. The number of amides is 1. The van der Waals surface area contributed by atoms with Gasteiger partial charge >= 0.3 is 0 Å². The Balaban J connectivity index is 1.80. The molecule has 2 aliphatic heterocycles. The molecule has 0 bridgehead atoms. The fourth-order valence-electron chi connectivity index (χ4n) is 4.90. The molecule has 1 amide bonds. The molecule has 0 radical (unpaired) electrons. The number of carbonyl (C=O) groups excluding carboxylic acids is 1. The number of ether oxygens (including phenoxy) is 1. The number of rotatable bonds is 5. The number of aromatic nitrogens is 2. The molecule has 33 heavy (non-hydrogen) atoms. The maximum absolute atomic E-state index is 14.3. The number of hydrogen-bond donors (Lipinski definition) is 1. The Kier molecular flexibility index (Phi) is 5.22. The molecule has 2 aromatic carbocycles. The summed E-state index contributed by atoms with van der Waals surface area (Å²) < 4.78 is 7.63. The quantitative estimate of drug-likeness (QED) is 0.417. The standard InChI is InChI=1S/C25H22BrN5O2/c1-16-21-23(31(29-16)17-9-3-2-4-10-17)33-22(28)19(15-27)25(21)18-11-5-6-12-20(18)30(24(25)32)14-8-7-13-26/h2-6,9-12H,7-8,13-14,28H2,1H3. The van der Waals surface area contributed by atoms with E-state index in [2.05, 4.69) is 22.0 Å². The van der Waals surface area contributed by atoms with Crippen LogP contribution in [0.4, 0.5) is 5.69 Å². The van der Waals surface area contributed by atoms with E-state index in [1.807, 2.05) is 61.5 Å². The van der Waals surface area contributed by atoms with Gasteiger partial charge < -0.3 is 15.4 Å². The van der Waals surface area contributed by atoms with E-state index in [0.717, 1.165) is 35.1 Å². The summed E-state index contributed by atoms with van der Waals surface area (Å²) >= 11 is 3.46. The van der Waals surface area contributed by atoms with Gasteiger partial charge in [0.25, 0.3) is 0 Å². The zero-order chi connectivity index (χ0) is 23.2. The molecule has 1 aromatic heterocycles. The van der Waals surface area contributed by atoms with Crippen LogP contribution in [0.25, 0.3) is 5.69 Å². The van der Waals surface area contributed by atoms with Crippen LogP contribution < -0.4 is 15.4 Å². The summed E-state index contributed by atoms with van der Waals surface area (Å²) in [6.07, 6.45) is 1.76. The third-order valence-electron chi connectivity index (χ3n) is 6.26. The number of anilines is 1. The summed E-state index contributed by atoms with van der Waals surface area (Å²) in [5, 5.41) is 15.8. The van der Waals surface area contributed by atoms with Gasteiger partial charge in [0.2, 0.25) is 17.7 Å². The van der Waals surface area contributed by atoms with Gasteiger partial charge in [-0.15, -0.1) is 0 Å². The Labute approximate surface area is 200 Å². The predicted octanol–water partition coefficient (Wildman–Crippen LogP) is 4.07. The van der Waals surface area contributed by atoms with Gasteiger partial charge in [0.15, 0.2) is 0 Å². The first-order valence-electron chi connectivity index (χ1n) is 10.8. The van der Waals surface area contributed by atoms with Gasteiger partial charge in [-0.2, -0.15) is 10.4 Å². The van der Waals surface area contributed by atoms with Crippen molar-refractivity contribution in [1.29, 1.82) is 5.26 Å². The van der Waals surface area contributed by atoms with Crippen LogP contribution in [0.5, 0.6) is 5.88 Å². The number of nitriles is 1. The minimum Gasteiger partial charge on any atom is -0.422 e. The second-order valence-corrected chi connectivity index (χ2v) is 8.88. The molecule has 8 heteroatoms. The van der Waals surface area contributed by atoms with Gasteiger partial charge in [-0.1, -0.05) is 52.3 Å². The zero-order valence-corrected chi connectivity index (χ0v) is 19.7. The highest BCUT2D eigenvalue weighted by atomic mass is 79.9. The molecule has 1 atom stereocenters. The lowest BCUT2D eigenvalue weighted by molar-refractivity contribution is -0.121. The van der Waals surface area contributed by atoms with Crippen molar-refractivity contribution < 1.29 is 9.53 Å². The molecule has 7 nitrogen and oxygen atoms in total. The number of nitrogens with zero attached hydrogens (tertiary/aromatic N) is 4. The van der Waals surface area contributed by atoms with Crippen LogP contribution in [0.1, 0.15) is 29.7 Å². The Morgan fingerprint density at radius 1 is 1.15 bits per heavy atom. The molecule has 0 aliphatic carbocycles. The van der Waals surface area contributed by atoms with Crippen molar-refractivity contribution in [3.05, 3.63) is 82.9 Å². The van der Waals surface area contributed by atoms with Crippen LogP contribution in [-0.2, 0) is 10.2 Å². The van der Waals surface area contributed by atoms with E-state index in [-0.39, 0.29) is 17.4 Å². The number of aryl methyl sites for hydroxylation is 1. The second kappa shape index (κ2) is 8.09. The normalized spacial score (nSPS) is 18.8. The fourth-order valence-corrected chi connectivity index (χ4v) is 5.30. The number of para-hydroxylation sites is 2. The van der Waals surface area contributed by atoms with Crippen molar-refractivity contribution in [3.63, 3.8) is 0 Å². The summed E-state index contributed by atoms with van der Waals surface area (Å²) in [7, 11) is 0. The summed E-state index contributed by atoms with van der Waals surface area (Å²) in [5.74, 6) is 0.0891. The van der Waals surface area contributed by atoms with Crippen molar-refractivity contribution in [2.75, 3.05) is 16.8 Å². The zero-order valence-electron chi connectivity index (χ0n) is 18.1. The molecule has 1 spiro atoms. The van der Waals surface area contributed by atoms with Crippen LogP contribution in [-0.4, -0.2) is 27.6 Å². The Morgan fingerprint density at radius 2 is 1.88 bits per heavy atom. The smallest absolute Gasteiger partial charge is 0.247 e. The Morgan fingerprint density at radius 3 is 2.61 bits per heavy atom. The first kappa shape index (κ1) is 21.3. The lowest BCUT2D eigenvalue weighted by Gasteiger charge is -2.33. The van der Waals surface area contributed by atoms with Gasteiger partial charge in [-0.3, -0.25) is 4.79 Å². The van der Waals surface area contributed by atoms with Crippen LogP contribution >= 0.6 is 15.9 Å². The van der Waals surface area contributed by atoms with Gasteiger partial charge in [0.05, 0.1) is 16.9 Å². The fraction of sp³-hybridized carbons (Fsp3) is 0.240. The summed E-state index contributed by atoms with van der Waals surface area (Å²) in [4.78, 5) is 16.1. The number of nitrogens with two attached hydrogens (primary N) is 1. The van der Waals surface area contributed by atoms with Crippen molar-refractivity contribution in [2.45, 2.75) is 25.2 Å². The minimum atomic E-state index is -1.39. The van der Waals surface area contributed by atoms with E-state index in [1.54, 1.807) is 9.58 Å². The first-order valence-corrected chi connectivity index (χ1v) is 11.9. The third-order valence-corrected chi connectivity index (χ3v) is 6.82. The number of fused-ring (bicyclic) bond motifs is 4. The van der Waals surface area contributed by atoms with E-state index in [9.17, 15) is 10.1 Å². The van der Waals surface area contributed by atoms with Gasteiger partial charge in [0, 0.05) is 23.1 Å². The van der Waals surface area contributed by atoms with Crippen LogP contribution in [0.15, 0.2) is 66.1 Å². The van der Waals surface area contributed by atoms with Crippen molar-refractivity contribution in [2.24, 2.45) is 5.73 Å². The van der Waals surface area contributed by atoms with Crippen LogP contribution in [0, 0.1) is 18.3 Å². The molecule has 1 unspecified atom stereocenters. The van der Waals surface area contributed by atoms with Crippen LogP contribution in [0.2, 0.25) is 0 Å². The minimum absolute atomic E-state index is 0.0763. The maximum atomic E-state index is 14.3. The largest absolute Gasteiger partial charge is 0.422 e. The number of benzene rings is 2. The molecular weight excluding hydrogens is 482 g/mol. The highest BCUT2D eigenvalue weighted by Crippen LogP contribution is 2.56. The molecule has 2 aliphatic rings. The summed E-state index contributed by atoms with van der Waals surface area (Å²) in [5.41, 5.74) is 8.50. The molecule has 0 saturated carbocycles. The monoisotopic (exact) mass is 503 g/mol. The van der Waals surface area contributed by atoms with E-state index in [1.165, 1.54) is 0 Å². The van der Waals surface area contributed by atoms with Crippen LogP contribution in [0.3, 0.4) is 0 Å². The average Bonchev–Trinajstić information content (AvgIpc) is 3.28. The number of alkyl halides is 1. The third kappa shape index (κ3) is 2.92. The maximum Gasteiger partial charge on any atom is 0.247 e. The van der Waals surface area contributed by atoms with Gasteiger partial charge in [0.1, 0.15) is 17.1 Å². The van der Waals surface area contributed by atoms with Crippen molar-refractivity contribution in [3.8, 4) is 17.6 Å². The highest BCUT2D eigenvalue weighted by molar-refractivity contribution is 9.09. The Bertz CT molecular complexity index is 1320. The van der Waals surface area contributed by atoms with E-state index >= 15 is 0 Å². The predicted molar refractivity (Wildman–Crippen MR) is 128 cm³/mol. The van der Waals surface area contributed by atoms with E-state index < -0.39 is 5.41 Å². The van der Waals surface area contributed by atoms with E-state index in [4.69, 9.17) is 15.6 Å². The molecule has 166 valence electrons. The SMILES string of the molecule is Cc1nn(-c2ccccc2)c2c1C1(C(=O)N(CCCCBr)c3ccccc31)C(C#N)=C(N)O2. The van der Waals surface area contributed by atoms with Crippen molar-refractivity contribution >= 4 is 27.5 Å². The molecule has 0 saturated heterocycles. The molecule has 2 N–H and O–H groups in total. The molecular formula is C25H22BrN5O2. The van der Waals surface area contributed by atoms with Gasteiger partial charge in [-0.05, 0) is 38.0 Å². The number of unbranched alkanes of at least 4 members (excludes halogenated alkanes) is 1. The lowest BCUT2D eigenvalue weighted by Crippen LogP contribution is -2.46. The lowest BCUT2D eigenvalue weighted by atomic mass is 9.69. The first-order chi connectivity index (χ1) is 16.1. The number of carbonyl (C=O) groups is 1. The summed E-state index contributed by atoms with van der Waals surface area (Å²) in [6, 6.07) is 19.3. The average molecular weight is 504 g/mol. The Hall–Kier alpha value is -3.57. The van der Waals surface area contributed by atoms with Gasteiger partial charge in [-0.25, -0.2) is 4.68 Å². The molecule has 0 fully saturated rings. The second-order valence-electron chi connectivity index (χ2n) is 8.09. The number of halogens is 1. The van der Waals surface area contributed by atoms with E-state index in [0.29, 0.717) is 23.7 Å². The highest BCUT2D eigenvalue weighted by Gasteiger charge is 2.61. The number of hydrogen-bond acceptors (Lipinski definition) is 5. The molecule has 3 aromatic rings. The van der Waals surface area contributed by atoms with Crippen molar-refractivity contribution in [1.82, 2.24) is 9.78 Å².